The highest BCUT2D eigenvalue weighted by Crippen LogP contribution is 2.30. The van der Waals surface area contributed by atoms with Gasteiger partial charge in [0, 0.05) is 18.5 Å². The molecule has 1 aliphatic heterocycles. The van der Waals surface area contributed by atoms with Crippen molar-refractivity contribution < 1.29 is 27.0 Å². The summed E-state index contributed by atoms with van der Waals surface area (Å²) in [6.45, 7) is 0.517. The number of ether oxygens (including phenoxy) is 2. The monoisotopic (exact) mass is 383 g/mol. The van der Waals surface area contributed by atoms with E-state index in [0.717, 1.165) is 6.42 Å². The molecule has 3 heterocycles. The summed E-state index contributed by atoms with van der Waals surface area (Å²) in [5, 5.41) is 2.80. The van der Waals surface area contributed by atoms with Crippen molar-refractivity contribution in [1.82, 2.24) is 19.5 Å². The lowest BCUT2D eigenvalue weighted by molar-refractivity contribution is -0.274. The lowest BCUT2D eigenvalue weighted by atomic mass is 10.2. The van der Waals surface area contributed by atoms with Crippen LogP contribution in [-0.4, -0.2) is 32.5 Å². The van der Waals surface area contributed by atoms with E-state index in [2.05, 4.69) is 25.0 Å². The minimum absolute atomic E-state index is 0.0670. The van der Waals surface area contributed by atoms with Crippen molar-refractivity contribution in [2.75, 3.05) is 11.9 Å². The number of hydrogen-bond donors (Lipinski definition) is 1. The van der Waals surface area contributed by atoms with Gasteiger partial charge in [-0.3, -0.25) is 4.57 Å². The zero-order valence-corrected chi connectivity index (χ0v) is 13.7. The molecular weight excluding hydrogens is 370 g/mol. The van der Waals surface area contributed by atoms with E-state index < -0.39 is 12.4 Å². The minimum Gasteiger partial charge on any atom is -0.405 e. The molecule has 1 atom stereocenters. The van der Waals surface area contributed by atoms with E-state index in [1.165, 1.54) is 24.5 Å². The molecule has 1 aromatic carbocycles. The highest BCUT2D eigenvalue weighted by molar-refractivity contribution is 5.82. The molecule has 0 saturated carbocycles. The molecule has 1 N–H and O–H groups in total. The number of hydrogen-bond acceptors (Lipinski definition) is 6. The van der Waals surface area contributed by atoms with Crippen molar-refractivity contribution in [3.63, 3.8) is 0 Å². The fraction of sp³-hybridized carbons (Fsp3) is 0.312. The van der Waals surface area contributed by atoms with Crippen LogP contribution in [-0.2, 0) is 11.3 Å². The molecule has 1 unspecified atom stereocenters. The second kappa shape index (κ2) is 6.65. The second-order valence-electron chi connectivity index (χ2n) is 5.79. The van der Waals surface area contributed by atoms with E-state index in [-0.39, 0.29) is 35.6 Å². The average molecular weight is 383 g/mol. The fourth-order valence-corrected chi connectivity index (χ4v) is 2.72. The van der Waals surface area contributed by atoms with Crippen LogP contribution in [0.15, 0.2) is 30.6 Å². The molecule has 3 aromatic rings. The number of nitrogens with one attached hydrogen (secondary N) is 1. The normalized spacial score (nSPS) is 17.0. The predicted octanol–water partition coefficient (Wildman–Crippen LogP) is 3.40. The van der Waals surface area contributed by atoms with Crippen molar-refractivity contribution in [2.24, 2.45) is 0 Å². The molecule has 7 nitrogen and oxygen atoms in total. The number of nitrogens with zero attached hydrogens (tertiary/aromatic N) is 4. The molecule has 0 radical (unpaired) electrons. The van der Waals surface area contributed by atoms with Gasteiger partial charge < -0.3 is 14.8 Å². The van der Waals surface area contributed by atoms with Crippen LogP contribution in [0.1, 0.15) is 18.2 Å². The summed E-state index contributed by atoms with van der Waals surface area (Å²) in [6, 6.07) is 5.65. The molecule has 1 fully saturated rings. The molecule has 1 saturated heterocycles. The summed E-state index contributed by atoms with van der Waals surface area (Å²) in [6.07, 6.45) is -3.84. The molecule has 142 valence electrons. The highest BCUT2D eigenvalue weighted by Gasteiger charge is 2.32. The van der Waals surface area contributed by atoms with Gasteiger partial charge in [0.2, 0.25) is 0 Å². The Morgan fingerprint density at radius 3 is 2.74 bits per heavy atom. The summed E-state index contributed by atoms with van der Waals surface area (Å²) >= 11 is 0. The van der Waals surface area contributed by atoms with E-state index >= 15 is 0 Å². The van der Waals surface area contributed by atoms with Crippen molar-refractivity contribution in [1.29, 1.82) is 0 Å². The van der Waals surface area contributed by atoms with Crippen molar-refractivity contribution >= 4 is 17.0 Å². The van der Waals surface area contributed by atoms with E-state index in [1.807, 2.05) is 0 Å². The Morgan fingerprint density at radius 1 is 1.26 bits per heavy atom. The van der Waals surface area contributed by atoms with Crippen molar-refractivity contribution in [3.05, 3.63) is 42.2 Å². The van der Waals surface area contributed by atoms with Crippen molar-refractivity contribution in [3.8, 4) is 5.75 Å². The Labute approximate surface area is 150 Å². The Bertz CT molecular complexity index is 971. The number of rotatable bonds is 5. The molecular formula is C16H13F4N5O2. The molecule has 0 bridgehead atoms. The minimum atomic E-state index is -4.81. The molecule has 11 heteroatoms. The molecule has 27 heavy (non-hydrogen) atoms. The van der Waals surface area contributed by atoms with Crippen LogP contribution >= 0.6 is 0 Å². The second-order valence-corrected chi connectivity index (χ2v) is 5.79. The van der Waals surface area contributed by atoms with Gasteiger partial charge in [-0.05, 0) is 6.07 Å². The van der Waals surface area contributed by atoms with Crippen molar-refractivity contribution in [2.45, 2.75) is 25.6 Å². The van der Waals surface area contributed by atoms with Crippen LogP contribution in [0.2, 0.25) is 0 Å². The largest absolute Gasteiger partial charge is 0.573 e. The van der Waals surface area contributed by atoms with Crippen LogP contribution < -0.4 is 10.1 Å². The van der Waals surface area contributed by atoms with Gasteiger partial charge in [0.25, 0.3) is 0 Å². The zero-order valence-electron chi connectivity index (χ0n) is 13.7. The van der Waals surface area contributed by atoms with Crippen LogP contribution in [0.25, 0.3) is 11.2 Å². The zero-order chi connectivity index (χ0) is 19.0. The van der Waals surface area contributed by atoms with E-state index in [4.69, 9.17) is 4.74 Å². The molecule has 0 amide bonds. The smallest absolute Gasteiger partial charge is 0.405 e. The lowest BCUT2D eigenvalue weighted by Gasteiger charge is -2.27. The number of benzene rings is 1. The summed E-state index contributed by atoms with van der Waals surface area (Å²) in [4.78, 5) is 11.6. The molecule has 0 spiro atoms. The number of anilines is 1. The van der Waals surface area contributed by atoms with Crippen LogP contribution in [0.3, 0.4) is 0 Å². The summed E-state index contributed by atoms with van der Waals surface area (Å²) in [5.41, 5.74) is 0.763. The van der Waals surface area contributed by atoms with Gasteiger partial charge in [-0.25, -0.2) is 4.98 Å². The summed E-state index contributed by atoms with van der Waals surface area (Å²) in [7, 11) is 0. The Morgan fingerprint density at radius 2 is 2.04 bits per heavy atom. The Balaban J connectivity index is 1.61. The van der Waals surface area contributed by atoms with Gasteiger partial charge in [-0.2, -0.15) is 14.4 Å². The van der Waals surface area contributed by atoms with Gasteiger partial charge in [-0.1, -0.05) is 18.2 Å². The topological polar surface area (TPSA) is 74.1 Å². The number of imidazole rings is 1. The fourth-order valence-electron chi connectivity index (χ4n) is 2.72. The van der Waals surface area contributed by atoms with Gasteiger partial charge in [0.1, 0.15) is 12.0 Å². The predicted molar refractivity (Wildman–Crippen MR) is 85.3 cm³/mol. The summed E-state index contributed by atoms with van der Waals surface area (Å²) < 4.78 is 62.4. The van der Waals surface area contributed by atoms with Crippen LogP contribution in [0.5, 0.6) is 5.75 Å². The first kappa shape index (κ1) is 17.5. The van der Waals surface area contributed by atoms with E-state index in [9.17, 15) is 17.6 Å². The maximum absolute atomic E-state index is 13.8. The molecule has 4 rings (SSSR count). The molecule has 1 aliphatic rings. The summed E-state index contributed by atoms with van der Waals surface area (Å²) in [5.74, 6) is -0.283. The van der Waals surface area contributed by atoms with Gasteiger partial charge in [0.15, 0.2) is 17.0 Å². The first-order valence-electron chi connectivity index (χ1n) is 8.00. The number of para-hydroxylation sites is 1. The van der Waals surface area contributed by atoms with E-state index in [1.54, 1.807) is 10.6 Å². The van der Waals surface area contributed by atoms with Gasteiger partial charge in [-0.15, -0.1) is 13.2 Å². The average Bonchev–Trinajstić information content (AvgIpc) is 2.94. The highest BCUT2D eigenvalue weighted by atomic mass is 19.4. The number of alkyl halides is 3. The quantitative estimate of drug-likeness (QED) is 0.538. The van der Waals surface area contributed by atoms with Crippen LogP contribution in [0.4, 0.5) is 23.4 Å². The standard InChI is InChI=1S/C16H13F4N5O2/c17-15-23-13(12-14(24-15)25(8-22-12)11-5-6-26-11)21-7-9-3-1-2-4-10(9)27-16(18,19)20/h1-4,8,11H,5-7H2,(H,21,23,24). The third-order valence-electron chi connectivity index (χ3n) is 4.02. The number of halogens is 4. The molecule has 0 aliphatic carbocycles. The Hall–Kier alpha value is -2.95. The van der Waals surface area contributed by atoms with E-state index in [0.29, 0.717) is 12.1 Å². The van der Waals surface area contributed by atoms with Gasteiger partial charge in [0.05, 0.1) is 12.9 Å². The third kappa shape index (κ3) is 3.63. The number of fused-ring (bicyclic) bond motifs is 1. The Kier molecular flexibility index (Phi) is 4.30. The number of aromatic nitrogens is 4. The first-order chi connectivity index (χ1) is 12.9. The maximum atomic E-state index is 13.8. The van der Waals surface area contributed by atoms with Crippen LogP contribution in [0, 0.1) is 6.08 Å². The van der Waals surface area contributed by atoms with Gasteiger partial charge >= 0.3 is 12.4 Å². The first-order valence-corrected chi connectivity index (χ1v) is 8.00. The third-order valence-corrected chi connectivity index (χ3v) is 4.02. The lowest BCUT2D eigenvalue weighted by Crippen LogP contribution is -2.24. The molecule has 2 aromatic heterocycles. The SMILES string of the molecule is Fc1nc(NCc2ccccc2OC(F)(F)F)c2ncn(C3CCO3)c2n1. The maximum Gasteiger partial charge on any atom is 0.573 e.